The molecule has 1 fully saturated rings. The van der Waals surface area contributed by atoms with E-state index in [2.05, 4.69) is 0 Å². The fraction of sp³-hybridized carbons (Fsp3) is 0.636. The van der Waals surface area contributed by atoms with E-state index in [0.29, 0.717) is 29.5 Å². The molecule has 4 nitrogen and oxygen atoms in total. The average Bonchev–Trinajstić information content (AvgIpc) is 2.88. The fourth-order valence-corrected chi connectivity index (χ4v) is 5.08. The van der Waals surface area contributed by atoms with Gasteiger partial charge in [0.25, 0.3) is 0 Å². The third-order valence-electron chi connectivity index (χ3n) is 3.00. The van der Waals surface area contributed by atoms with Crippen LogP contribution in [0, 0.1) is 0 Å². The Morgan fingerprint density at radius 2 is 2.39 bits per heavy atom. The van der Waals surface area contributed by atoms with Crippen molar-refractivity contribution < 1.29 is 13.2 Å². The van der Waals surface area contributed by atoms with Crippen molar-refractivity contribution in [2.24, 2.45) is 0 Å². The molecule has 0 aromatic carbocycles. The van der Waals surface area contributed by atoms with Crippen molar-refractivity contribution in [3.8, 4) is 0 Å². The van der Waals surface area contributed by atoms with Gasteiger partial charge in [0.15, 0.2) is 0 Å². The van der Waals surface area contributed by atoms with Crippen LogP contribution in [-0.2, 0) is 20.6 Å². The third-order valence-corrected chi connectivity index (χ3v) is 6.43. The van der Waals surface area contributed by atoms with Gasteiger partial charge in [0.1, 0.15) is 0 Å². The molecule has 1 aliphatic heterocycles. The van der Waals surface area contributed by atoms with Crippen molar-refractivity contribution in [2.75, 3.05) is 19.7 Å². The predicted octanol–water partition coefficient (Wildman–Crippen LogP) is 2.29. The molecule has 0 aliphatic carbocycles. The van der Waals surface area contributed by atoms with E-state index in [1.807, 2.05) is 6.92 Å². The number of ether oxygens (including phenoxy) is 1. The lowest BCUT2D eigenvalue weighted by Gasteiger charge is -2.31. The highest BCUT2D eigenvalue weighted by Gasteiger charge is 2.31. The van der Waals surface area contributed by atoms with Crippen LogP contribution in [0.5, 0.6) is 0 Å². The zero-order chi connectivity index (χ0) is 13.2. The van der Waals surface area contributed by atoms with E-state index < -0.39 is 10.0 Å². The molecule has 0 saturated carbocycles. The van der Waals surface area contributed by atoms with Crippen molar-refractivity contribution >= 4 is 33.0 Å². The molecule has 1 atom stereocenters. The molecule has 1 aromatic heterocycles. The Labute approximate surface area is 117 Å². The Morgan fingerprint density at radius 3 is 3.06 bits per heavy atom. The van der Waals surface area contributed by atoms with Crippen LogP contribution in [-0.4, -0.2) is 38.5 Å². The number of hydrogen-bond acceptors (Lipinski definition) is 4. The van der Waals surface area contributed by atoms with Crippen LogP contribution in [0.3, 0.4) is 0 Å². The molecule has 7 heteroatoms. The lowest BCUT2D eigenvalue weighted by atomic mass is 10.2. The van der Waals surface area contributed by atoms with Gasteiger partial charge in [0, 0.05) is 18.0 Å². The number of alkyl halides is 1. The summed E-state index contributed by atoms with van der Waals surface area (Å²) in [5.41, 5.74) is 0. The Morgan fingerprint density at radius 1 is 1.61 bits per heavy atom. The van der Waals surface area contributed by atoms with Gasteiger partial charge in [0.05, 0.1) is 23.5 Å². The lowest BCUT2D eigenvalue weighted by molar-refractivity contribution is -0.00278. The summed E-state index contributed by atoms with van der Waals surface area (Å²) in [6.07, 6.45) is 0.810. The first-order valence-electron chi connectivity index (χ1n) is 5.83. The van der Waals surface area contributed by atoms with E-state index in [-0.39, 0.29) is 12.0 Å². The summed E-state index contributed by atoms with van der Waals surface area (Å²) in [5, 5.41) is 1.77. The molecular formula is C11H16ClNO3S2. The van der Waals surface area contributed by atoms with Gasteiger partial charge in [-0.05, 0) is 17.9 Å². The first-order chi connectivity index (χ1) is 8.59. The van der Waals surface area contributed by atoms with Crippen LogP contribution in [0.25, 0.3) is 0 Å². The Balaban J connectivity index is 2.25. The van der Waals surface area contributed by atoms with Gasteiger partial charge >= 0.3 is 0 Å². The van der Waals surface area contributed by atoms with Gasteiger partial charge in [-0.3, -0.25) is 0 Å². The Hall–Kier alpha value is -0.140. The Kier molecular flexibility index (Phi) is 4.66. The first kappa shape index (κ1) is 14.3. The summed E-state index contributed by atoms with van der Waals surface area (Å²) in [6, 6.07) is 1.63. The molecule has 1 saturated heterocycles. The zero-order valence-corrected chi connectivity index (χ0v) is 12.5. The maximum atomic E-state index is 12.5. The maximum Gasteiger partial charge on any atom is 0.244 e. The van der Waals surface area contributed by atoms with Crippen molar-refractivity contribution in [3.63, 3.8) is 0 Å². The number of rotatable bonds is 4. The SMILES string of the molecule is CCC1CN(S(=O)(=O)c2ccsc2CCl)CCO1. The van der Waals surface area contributed by atoms with Crippen LogP contribution in [0.2, 0.25) is 0 Å². The van der Waals surface area contributed by atoms with E-state index in [4.69, 9.17) is 16.3 Å². The van der Waals surface area contributed by atoms with Crippen molar-refractivity contribution in [2.45, 2.75) is 30.2 Å². The van der Waals surface area contributed by atoms with Crippen molar-refractivity contribution in [1.82, 2.24) is 4.31 Å². The molecule has 1 unspecified atom stereocenters. The molecule has 18 heavy (non-hydrogen) atoms. The molecule has 2 heterocycles. The number of sulfonamides is 1. The second kappa shape index (κ2) is 5.88. The van der Waals surface area contributed by atoms with E-state index in [0.717, 1.165) is 6.42 Å². The summed E-state index contributed by atoms with van der Waals surface area (Å²) in [7, 11) is -3.43. The topological polar surface area (TPSA) is 46.6 Å². The number of hydrogen-bond donors (Lipinski definition) is 0. The second-order valence-electron chi connectivity index (χ2n) is 4.11. The average molecular weight is 310 g/mol. The minimum absolute atomic E-state index is 0.00777. The summed E-state index contributed by atoms with van der Waals surface area (Å²) in [5.74, 6) is 0.230. The van der Waals surface area contributed by atoms with Crippen LogP contribution >= 0.6 is 22.9 Å². The molecule has 1 aromatic rings. The van der Waals surface area contributed by atoms with Gasteiger partial charge < -0.3 is 4.74 Å². The standard InChI is InChI=1S/C11H16ClNO3S2/c1-2-9-8-13(4-5-16-9)18(14,15)11-3-6-17-10(11)7-12/h3,6,9H,2,4-5,7-8H2,1H3. The fourth-order valence-electron chi connectivity index (χ4n) is 1.95. The minimum Gasteiger partial charge on any atom is -0.375 e. The van der Waals surface area contributed by atoms with Crippen LogP contribution in [0.15, 0.2) is 16.3 Å². The highest BCUT2D eigenvalue weighted by molar-refractivity contribution is 7.89. The van der Waals surface area contributed by atoms with Gasteiger partial charge in [-0.25, -0.2) is 8.42 Å². The summed E-state index contributed by atoms with van der Waals surface area (Å²) in [6.45, 7) is 3.29. The highest BCUT2D eigenvalue weighted by Crippen LogP contribution is 2.27. The van der Waals surface area contributed by atoms with E-state index in [9.17, 15) is 8.42 Å². The smallest absolute Gasteiger partial charge is 0.244 e. The third kappa shape index (κ3) is 2.72. The van der Waals surface area contributed by atoms with Crippen LogP contribution in [0.4, 0.5) is 0 Å². The molecule has 2 rings (SSSR count). The van der Waals surface area contributed by atoms with Crippen LogP contribution < -0.4 is 0 Å². The predicted molar refractivity (Wildman–Crippen MR) is 72.7 cm³/mol. The van der Waals surface area contributed by atoms with Crippen LogP contribution in [0.1, 0.15) is 18.2 Å². The van der Waals surface area contributed by atoms with Gasteiger partial charge in [-0.15, -0.1) is 22.9 Å². The first-order valence-corrected chi connectivity index (χ1v) is 8.69. The Bertz CT molecular complexity index is 500. The normalized spacial score (nSPS) is 22.2. The highest BCUT2D eigenvalue weighted by atomic mass is 35.5. The van der Waals surface area contributed by atoms with Gasteiger partial charge in [0.2, 0.25) is 10.0 Å². The zero-order valence-electron chi connectivity index (χ0n) is 10.1. The quantitative estimate of drug-likeness (QED) is 0.802. The summed E-state index contributed by atoms with van der Waals surface area (Å²) >= 11 is 7.16. The van der Waals surface area contributed by atoms with Gasteiger partial charge in [-0.2, -0.15) is 4.31 Å². The van der Waals surface area contributed by atoms with Gasteiger partial charge in [-0.1, -0.05) is 6.92 Å². The molecule has 1 aliphatic rings. The molecular weight excluding hydrogens is 294 g/mol. The molecule has 0 N–H and O–H groups in total. The van der Waals surface area contributed by atoms with Crippen molar-refractivity contribution in [1.29, 1.82) is 0 Å². The molecule has 102 valence electrons. The monoisotopic (exact) mass is 309 g/mol. The van der Waals surface area contributed by atoms with Crippen molar-refractivity contribution in [3.05, 3.63) is 16.3 Å². The summed E-state index contributed by atoms with van der Waals surface area (Å²) in [4.78, 5) is 1.05. The second-order valence-corrected chi connectivity index (χ2v) is 7.28. The summed E-state index contributed by atoms with van der Waals surface area (Å²) < 4.78 is 32.0. The number of morpholine rings is 1. The largest absolute Gasteiger partial charge is 0.375 e. The van der Waals surface area contributed by atoms with E-state index >= 15 is 0 Å². The number of nitrogens with zero attached hydrogens (tertiary/aromatic N) is 1. The molecule has 0 spiro atoms. The minimum atomic E-state index is -3.43. The molecule has 0 amide bonds. The van der Waals surface area contributed by atoms with E-state index in [1.54, 1.807) is 11.4 Å². The number of halogens is 1. The molecule has 0 bridgehead atoms. The number of thiophene rings is 1. The molecule has 0 radical (unpaired) electrons. The lowest BCUT2D eigenvalue weighted by Crippen LogP contribution is -2.45. The van der Waals surface area contributed by atoms with E-state index in [1.165, 1.54) is 15.6 Å². The maximum absolute atomic E-state index is 12.5.